The summed E-state index contributed by atoms with van der Waals surface area (Å²) in [5, 5.41) is 2.72. The molecule has 2 aliphatic rings. The summed E-state index contributed by atoms with van der Waals surface area (Å²) in [6.07, 6.45) is 2.44. The SMILES string of the molecule is CCCC1CCN(C(NCC(F)(F)F)N(C)C2CC2)CC1. The first-order valence-corrected chi connectivity index (χ1v) is 8.17. The van der Waals surface area contributed by atoms with Crippen molar-refractivity contribution in [2.45, 2.75) is 64.0 Å². The third-order valence-electron chi connectivity index (χ3n) is 4.69. The lowest BCUT2D eigenvalue weighted by Crippen LogP contribution is -2.59. The van der Waals surface area contributed by atoms with Crippen LogP contribution in [0.4, 0.5) is 13.2 Å². The Hall–Kier alpha value is -0.330. The highest BCUT2D eigenvalue weighted by Gasteiger charge is 2.37. The third-order valence-corrected chi connectivity index (χ3v) is 4.69. The molecular formula is C15H28F3N3. The lowest BCUT2D eigenvalue weighted by Gasteiger charge is -2.42. The van der Waals surface area contributed by atoms with Crippen LogP contribution in [-0.2, 0) is 0 Å². The van der Waals surface area contributed by atoms with Crippen molar-refractivity contribution in [3.8, 4) is 0 Å². The Labute approximate surface area is 125 Å². The predicted molar refractivity (Wildman–Crippen MR) is 77.8 cm³/mol. The molecule has 6 heteroatoms. The first kappa shape index (κ1) is 17.0. The van der Waals surface area contributed by atoms with E-state index in [2.05, 4.69) is 22.0 Å². The second-order valence-electron chi connectivity index (χ2n) is 6.53. The van der Waals surface area contributed by atoms with Gasteiger partial charge in [0.25, 0.3) is 0 Å². The number of nitrogens with zero attached hydrogens (tertiary/aromatic N) is 2. The highest BCUT2D eigenvalue weighted by Crippen LogP contribution is 2.30. The van der Waals surface area contributed by atoms with Crippen molar-refractivity contribution in [1.82, 2.24) is 15.1 Å². The molecule has 21 heavy (non-hydrogen) atoms. The Balaban J connectivity index is 1.89. The molecule has 3 nitrogen and oxygen atoms in total. The number of nitrogens with one attached hydrogen (secondary N) is 1. The van der Waals surface area contributed by atoms with Crippen molar-refractivity contribution in [2.24, 2.45) is 5.92 Å². The van der Waals surface area contributed by atoms with E-state index in [0.717, 1.165) is 44.7 Å². The monoisotopic (exact) mass is 307 g/mol. The van der Waals surface area contributed by atoms with Crippen LogP contribution in [0.2, 0.25) is 0 Å². The first-order valence-electron chi connectivity index (χ1n) is 8.17. The quantitative estimate of drug-likeness (QED) is 0.729. The fraction of sp³-hybridized carbons (Fsp3) is 1.00. The molecule has 1 saturated carbocycles. The number of piperidine rings is 1. The van der Waals surface area contributed by atoms with Crippen LogP contribution in [0.5, 0.6) is 0 Å². The highest BCUT2D eigenvalue weighted by atomic mass is 19.4. The van der Waals surface area contributed by atoms with Gasteiger partial charge < -0.3 is 0 Å². The van der Waals surface area contributed by atoms with Crippen LogP contribution in [0, 0.1) is 5.92 Å². The van der Waals surface area contributed by atoms with E-state index in [9.17, 15) is 13.2 Å². The molecule has 0 spiro atoms. The van der Waals surface area contributed by atoms with Crippen molar-refractivity contribution in [3.05, 3.63) is 0 Å². The van der Waals surface area contributed by atoms with E-state index in [1.54, 1.807) is 0 Å². The lowest BCUT2D eigenvalue weighted by molar-refractivity contribution is -0.135. The normalized spacial score (nSPS) is 23.7. The van der Waals surface area contributed by atoms with E-state index in [0.29, 0.717) is 6.04 Å². The molecule has 1 aliphatic heterocycles. The molecule has 1 saturated heterocycles. The fourth-order valence-electron chi connectivity index (χ4n) is 3.31. The second-order valence-corrected chi connectivity index (χ2v) is 6.53. The number of likely N-dealkylation sites (tertiary alicyclic amines) is 1. The van der Waals surface area contributed by atoms with E-state index in [1.807, 2.05) is 7.05 Å². The van der Waals surface area contributed by atoms with Gasteiger partial charge in [0.1, 0.15) is 6.29 Å². The number of halogens is 3. The molecule has 1 unspecified atom stereocenters. The van der Waals surface area contributed by atoms with Crippen LogP contribution < -0.4 is 5.32 Å². The Morgan fingerprint density at radius 3 is 2.29 bits per heavy atom. The predicted octanol–water partition coefficient (Wildman–Crippen LogP) is 3.03. The number of rotatable bonds is 7. The molecular weight excluding hydrogens is 279 g/mol. The van der Waals surface area contributed by atoms with Crippen LogP contribution in [0.1, 0.15) is 45.4 Å². The van der Waals surface area contributed by atoms with Crippen molar-refractivity contribution in [2.75, 3.05) is 26.7 Å². The Bertz CT molecular complexity index is 310. The average Bonchev–Trinajstić information content (AvgIpc) is 3.24. The molecule has 1 aliphatic carbocycles. The second kappa shape index (κ2) is 7.29. The van der Waals surface area contributed by atoms with Crippen molar-refractivity contribution in [3.63, 3.8) is 0 Å². The maximum Gasteiger partial charge on any atom is 0.401 e. The molecule has 1 heterocycles. The number of hydrogen-bond donors (Lipinski definition) is 1. The van der Waals surface area contributed by atoms with Crippen LogP contribution in [0.3, 0.4) is 0 Å². The molecule has 1 N–H and O–H groups in total. The minimum atomic E-state index is -4.15. The van der Waals surface area contributed by atoms with Gasteiger partial charge in [0.05, 0.1) is 6.54 Å². The largest absolute Gasteiger partial charge is 0.401 e. The summed E-state index contributed by atoms with van der Waals surface area (Å²) >= 11 is 0. The van der Waals surface area contributed by atoms with Gasteiger partial charge in [-0.2, -0.15) is 13.2 Å². The van der Waals surface area contributed by atoms with E-state index in [-0.39, 0.29) is 6.29 Å². The standard InChI is InChI=1S/C15H28F3N3/c1-3-4-12-7-9-21(10-8-12)14(19-11-15(16,17)18)20(2)13-5-6-13/h12-14,19H,3-11H2,1-2H3. The van der Waals surface area contributed by atoms with Gasteiger partial charge in [0, 0.05) is 19.1 Å². The zero-order valence-electron chi connectivity index (χ0n) is 13.1. The smallest absolute Gasteiger partial charge is 0.281 e. The number of alkyl halides is 3. The summed E-state index contributed by atoms with van der Waals surface area (Å²) in [7, 11) is 1.95. The van der Waals surface area contributed by atoms with Crippen molar-refractivity contribution >= 4 is 0 Å². The molecule has 124 valence electrons. The van der Waals surface area contributed by atoms with Crippen LogP contribution in [0.25, 0.3) is 0 Å². The summed E-state index contributed by atoms with van der Waals surface area (Å²) < 4.78 is 37.6. The van der Waals surface area contributed by atoms with Crippen molar-refractivity contribution < 1.29 is 13.2 Å². The van der Waals surface area contributed by atoms with Gasteiger partial charge in [-0.1, -0.05) is 19.8 Å². The zero-order chi connectivity index (χ0) is 15.5. The topological polar surface area (TPSA) is 18.5 Å². The van der Waals surface area contributed by atoms with Crippen LogP contribution >= 0.6 is 0 Å². The van der Waals surface area contributed by atoms with Gasteiger partial charge in [-0.25, -0.2) is 0 Å². The average molecular weight is 307 g/mol. The minimum absolute atomic E-state index is 0.276. The van der Waals surface area contributed by atoms with E-state index in [4.69, 9.17) is 0 Å². The van der Waals surface area contributed by atoms with Gasteiger partial charge in [-0.3, -0.25) is 15.1 Å². The number of hydrogen-bond acceptors (Lipinski definition) is 3. The summed E-state index contributed by atoms with van der Waals surface area (Å²) in [4.78, 5) is 4.28. The molecule has 2 rings (SSSR count). The van der Waals surface area contributed by atoms with Gasteiger partial charge in [-0.15, -0.1) is 0 Å². The lowest BCUT2D eigenvalue weighted by atomic mass is 9.92. The molecule has 0 aromatic heterocycles. The zero-order valence-corrected chi connectivity index (χ0v) is 13.1. The molecule has 0 bridgehead atoms. The van der Waals surface area contributed by atoms with E-state index >= 15 is 0 Å². The molecule has 0 aromatic rings. The van der Waals surface area contributed by atoms with Gasteiger partial charge in [0.15, 0.2) is 0 Å². The fourth-order valence-corrected chi connectivity index (χ4v) is 3.31. The Morgan fingerprint density at radius 1 is 1.19 bits per heavy atom. The molecule has 1 atom stereocenters. The summed E-state index contributed by atoms with van der Waals surface area (Å²) in [6, 6.07) is 0.448. The minimum Gasteiger partial charge on any atom is -0.281 e. The Kier molecular flexibility index (Phi) is 5.91. The summed E-state index contributed by atoms with van der Waals surface area (Å²) in [5.74, 6) is 0.751. The van der Waals surface area contributed by atoms with E-state index in [1.165, 1.54) is 12.8 Å². The first-order chi connectivity index (χ1) is 9.90. The highest BCUT2D eigenvalue weighted by molar-refractivity contribution is 4.87. The maximum absolute atomic E-state index is 12.5. The summed E-state index contributed by atoms with van der Waals surface area (Å²) in [6.45, 7) is 3.08. The molecule has 0 radical (unpaired) electrons. The van der Waals surface area contributed by atoms with Crippen LogP contribution in [0.15, 0.2) is 0 Å². The van der Waals surface area contributed by atoms with E-state index < -0.39 is 12.7 Å². The molecule has 0 amide bonds. The molecule has 2 fully saturated rings. The Morgan fingerprint density at radius 2 is 1.81 bits per heavy atom. The van der Waals surface area contributed by atoms with Crippen molar-refractivity contribution in [1.29, 1.82) is 0 Å². The van der Waals surface area contributed by atoms with Crippen LogP contribution in [-0.4, -0.2) is 55.0 Å². The van der Waals surface area contributed by atoms with Gasteiger partial charge >= 0.3 is 6.18 Å². The summed E-state index contributed by atoms with van der Waals surface area (Å²) in [5.41, 5.74) is 0. The van der Waals surface area contributed by atoms with Gasteiger partial charge in [0.2, 0.25) is 0 Å². The maximum atomic E-state index is 12.5. The third kappa shape index (κ3) is 5.42. The van der Waals surface area contributed by atoms with Gasteiger partial charge in [-0.05, 0) is 38.6 Å². The molecule has 0 aromatic carbocycles.